The predicted octanol–water partition coefficient (Wildman–Crippen LogP) is 14.8. The molecule has 0 saturated carbocycles. The zero-order valence-corrected chi connectivity index (χ0v) is 30.5. The Labute approximate surface area is 317 Å². The van der Waals surface area contributed by atoms with E-state index in [1.54, 1.807) is 0 Å². The van der Waals surface area contributed by atoms with E-state index in [1.807, 2.05) is 0 Å². The van der Waals surface area contributed by atoms with Crippen LogP contribution in [0.25, 0.3) is 66.1 Å². The van der Waals surface area contributed by atoms with Crippen LogP contribution in [0.2, 0.25) is 0 Å². The predicted molar refractivity (Wildman–Crippen MR) is 230 cm³/mol. The topological polar surface area (TPSA) is 3.24 Å². The van der Waals surface area contributed by atoms with Crippen molar-refractivity contribution < 1.29 is 0 Å². The van der Waals surface area contributed by atoms with Crippen LogP contribution in [0.1, 0.15) is 25.0 Å². The molecule has 0 N–H and O–H groups in total. The molecule has 1 nitrogen and oxygen atoms in total. The lowest BCUT2D eigenvalue weighted by Gasteiger charge is -2.27. The SMILES string of the molecule is CC1(C)c2ccccc2-c2cc(N(c3ccc(-c4ccc5cc(-c6ccccc6)ccc5c4)cc3)c3ccc(-c4cccc5ccccc45)cc3)ccc21. The Kier molecular flexibility index (Phi) is 7.56. The Morgan fingerprint density at radius 1 is 0.315 bits per heavy atom. The Bertz CT molecular complexity index is 2820. The van der Waals surface area contributed by atoms with Gasteiger partial charge in [-0.05, 0) is 126 Å². The van der Waals surface area contributed by atoms with Crippen molar-refractivity contribution in [2.75, 3.05) is 4.90 Å². The minimum Gasteiger partial charge on any atom is -0.310 e. The van der Waals surface area contributed by atoms with Crippen molar-refractivity contribution in [3.63, 3.8) is 0 Å². The van der Waals surface area contributed by atoms with Crippen LogP contribution >= 0.6 is 0 Å². The van der Waals surface area contributed by atoms with E-state index in [1.165, 1.54) is 77.2 Å². The van der Waals surface area contributed by atoms with Gasteiger partial charge in [0.15, 0.2) is 0 Å². The maximum absolute atomic E-state index is 2.40. The lowest BCUT2D eigenvalue weighted by atomic mass is 9.82. The van der Waals surface area contributed by atoms with Gasteiger partial charge in [0.25, 0.3) is 0 Å². The molecule has 0 radical (unpaired) electrons. The van der Waals surface area contributed by atoms with Crippen molar-refractivity contribution >= 4 is 38.6 Å². The Hall–Kier alpha value is -6.70. The average molecular weight is 690 g/mol. The van der Waals surface area contributed by atoms with E-state index in [0.717, 1.165) is 17.1 Å². The number of hydrogen-bond acceptors (Lipinski definition) is 1. The third kappa shape index (κ3) is 5.40. The van der Waals surface area contributed by atoms with Crippen LogP contribution in [-0.2, 0) is 5.41 Å². The fraction of sp³-hybridized carbons (Fsp3) is 0.0566. The molecule has 54 heavy (non-hydrogen) atoms. The summed E-state index contributed by atoms with van der Waals surface area (Å²) in [5.74, 6) is 0. The molecule has 1 aliphatic carbocycles. The molecule has 1 heteroatoms. The second-order valence-corrected chi connectivity index (χ2v) is 15.0. The van der Waals surface area contributed by atoms with Gasteiger partial charge in [-0.25, -0.2) is 0 Å². The second kappa shape index (κ2) is 12.8. The summed E-state index contributed by atoms with van der Waals surface area (Å²) < 4.78 is 0. The van der Waals surface area contributed by atoms with Crippen LogP contribution in [-0.4, -0.2) is 0 Å². The van der Waals surface area contributed by atoms with E-state index in [4.69, 9.17) is 0 Å². The molecule has 1 aliphatic rings. The van der Waals surface area contributed by atoms with E-state index >= 15 is 0 Å². The minimum atomic E-state index is -0.0417. The molecule has 0 aromatic heterocycles. The van der Waals surface area contributed by atoms with Crippen LogP contribution in [0.4, 0.5) is 17.1 Å². The summed E-state index contributed by atoms with van der Waals surface area (Å²) in [6.45, 7) is 4.68. The maximum Gasteiger partial charge on any atom is 0.0468 e. The van der Waals surface area contributed by atoms with Gasteiger partial charge in [-0.1, -0.05) is 166 Å². The van der Waals surface area contributed by atoms with Crippen LogP contribution < -0.4 is 4.90 Å². The zero-order chi connectivity index (χ0) is 36.2. The number of anilines is 3. The highest BCUT2D eigenvalue weighted by Crippen LogP contribution is 2.50. The zero-order valence-electron chi connectivity index (χ0n) is 30.5. The summed E-state index contributed by atoms with van der Waals surface area (Å²) in [4.78, 5) is 2.40. The first-order valence-corrected chi connectivity index (χ1v) is 18.8. The molecule has 256 valence electrons. The summed E-state index contributed by atoms with van der Waals surface area (Å²) >= 11 is 0. The third-order valence-electron chi connectivity index (χ3n) is 11.5. The van der Waals surface area contributed by atoms with Gasteiger partial charge in [0, 0.05) is 22.5 Å². The maximum atomic E-state index is 2.40. The minimum absolute atomic E-state index is 0.0417. The molecule has 0 atom stereocenters. The summed E-state index contributed by atoms with van der Waals surface area (Å²) in [6.07, 6.45) is 0. The van der Waals surface area contributed by atoms with E-state index in [-0.39, 0.29) is 5.41 Å². The molecule has 0 fully saturated rings. The molecular weight excluding hydrogens is 651 g/mol. The number of rotatable bonds is 6. The van der Waals surface area contributed by atoms with Crippen molar-refractivity contribution in [2.24, 2.45) is 0 Å². The summed E-state index contributed by atoms with van der Waals surface area (Å²) in [5.41, 5.74) is 16.1. The van der Waals surface area contributed by atoms with Gasteiger partial charge in [-0.2, -0.15) is 0 Å². The number of fused-ring (bicyclic) bond motifs is 5. The second-order valence-electron chi connectivity index (χ2n) is 15.0. The van der Waals surface area contributed by atoms with E-state index < -0.39 is 0 Å². The highest BCUT2D eigenvalue weighted by molar-refractivity contribution is 5.97. The first kappa shape index (κ1) is 32.0. The van der Waals surface area contributed by atoms with Crippen molar-refractivity contribution in [1.29, 1.82) is 0 Å². The summed E-state index contributed by atoms with van der Waals surface area (Å²) in [7, 11) is 0. The Balaban J connectivity index is 1.04. The molecule has 0 spiro atoms. The summed E-state index contributed by atoms with van der Waals surface area (Å²) in [5, 5.41) is 5.01. The molecule has 9 aromatic carbocycles. The standard InChI is InChI=1S/C53H39N/c1-53(2)51-18-9-8-16-49(51)50-35-46(31-32-52(50)53)54(45-29-25-39(26-30-45)48-17-10-14-38-13-6-7-15-47(38)48)44-27-23-37(24-28-44)41-20-22-42-33-40(19-21-43(42)34-41)36-11-4-3-5-12-36/h3-35H,1-2H3. The van der Waals surface area contributed by atoms with Gasteiger partial charge >= 0.3 is 0 Å². The number of hydrogen-bond donors (Lipinski definition) is 0. The molecule has 0 saturated heterocycles. The largest absolute Gasteiger partial charge is 0.310 e. The molecule has 0 amide bonds. The van der Waals surface area contributed by atoms with Crippen LogP contribution in [0.5, 0.6) is 0 Å². The quantitative estimate of drug-likeness (QED) is 0.168. The van der Waals surface area contributed by atoms with E-state index in [2.05, 4.69) is 219 Å². The van der Waals surface area contributed by atoms with Crippen molar-refractivity contribution in [3.8, 4) is 44.5 Å². The van der Waals surface area contributed by atoms with Gasteiger partial charge < -0.3 is 4.90 Å². The Morgan fingerprint density at radius 3 is 1.56 bits per heavy atom. The molecule has 0 unspecified atom stereocenters. The first-order valence-electron chi connectivity index (χ1n) is 18.8. The normalized spacial score (nSPS) is 12.8. The van der Waals surface area contributed by atoms with Crippen LogP contribution in [0.3, 0.4) is 0 Å². The fourth-order valence-corrected chi connectivity index (χ4v) is 8.60. The fourth-order valence-electron chi connectivity index (χ4n) is 8.60. The van der Waals surface area contributed by atoms with Crippen LogP contribution in [0, 0.1) is 0 Å². The van der Waals surface area contributed by atoms with E-state index in [0.29, 0.717) is 0 Å². The van der Waals surface area contributed by atoms with Gasteiger partial charge in [-0.3, -0.25) is 0 Å². The number of benzene rings is 9. The van der Waals surface area contributed by atoms with Crippen molar-refractivity contribution in [3.05, 3.63) is 211 Å². The highest BCUT2D eigenvalue weighted by Gasteiger charge is 2.35. The molecule has 0 heterocycles. The average Bonchev–Trinajstić information content (AvgIpc) is 3.46. The lowest BCUT2D eigenvalue weighted by Crippen LogP contribution is -2.15. The molecule has 10 rings (SSSR count). The Morgan fingerprint density at radius 2 is 0.833 bits per heavy atom. The third-order valence-corrected chi connectivity index (χ3v) is 11.5. The monoisotopic (exact) mass is 689 g/mol. The smallest absolute Gasteiger partial charge is 0.0468 e. The number of nitrogens with zero attached hydrogens (tertiary/aromatic N) is 1. The van der Waals surface area contributed by atoms with Gasteiger partial charge in [0.2, 0.25) is 0 Å². The van der Waals surface area contributed by atoms with Crippen molar-refractivity contribution in [2.45, 2.75) is 19.3 Å². The van der Waals surface area contributed by atoms with Gasteiger partial charge in [0.1, 0.15) is 0 Å². The van der Waals surface area contributed by atoms with E-state index in [9.17, 15) is 0 Å². The highest BCUT2D eigenvalue weighted by atomic mass is 15.1. The van der Waals surface area contributed by atoms with Crippen LogP contribution in [0.15, 0.2) is 200 Å². The molecular formula is C53H39N. The summed E-state index contributed by atoms with van der Waals surface area (Å²) in [6, 6.07) is 73.4. The van der Waals surface area contributed by atoms with Crippen molar-refractivity contribution in [1.82, 2.24) is 0 Å². The van der Waals surface area contributed by atoms with Gasteiger partial charge in [-0.15, -0.1) is 0 Å². The lowest BCUT2D eigenvalue weighted by molar-refractivity contribution is 0.660. The molecule has 0 aliphatic heterocycles. The first-order chi connectivity index (χ1) is 26.5. The van der Waals surface area contributed by atoms with Gasteiger partial charge in [0.05, 0.1) is 0 Å². The molecule has 9 aromatic rings. The molecule has 0 bridgehead atoms.